The Hall–Kier alpha value is -1.23. The van der Waals surface area contributed by atoms with Crippen LogP contribution in [0.2, 0.25) is 0 Å². The SMILES string of the molecule is CSC1(CNc2cc(C)cc([N+](=O)[O-])c2)CCCC1. The molecule has 19 heavy (non-hydrogen) atoms. The highest BCUT2D eigenvalue weighted by molar-refractivity contribution is 8.00. The first-order valence-electron chi connectivity index (χ1n) is 6.60. The fraction of sp³-hybridized carbons (Fsp3) is 0.571. The molecule has 1 aromatic carbocycles. The van der Waals surface area contributed by atoms with Crippen LogP contribution in [-0.4, -0.2) is 22.5 Å². The van der Waals surface area contributed by atoms with E-state index in [1.807, 2.05) is 24.8 Å². The van der Waals surface area contributed by atoms with Gasteiger partial charge in [-0.15, -0.1) is 0 Å². The molecular formula is C14H20N2O2S. The lowest BCUT2D eigenvalue weighted by Gasteiger charge is -2.27. The molecule has 4 nitrogen and oxygen atoms in total. The molecule has 0 amide bonds. The maximum Gasteiger partial charge on any atom is 0.271 e. The minimum absolute atomic E-state index is 0.159. The van der Waals surface area contributed by atoms with Crippen molar-refractivity contribution in [1.29, 1.82) is 0 Å². The van der Waals surface area contributed by atoms with E-state index in [9.17, 15) is 10.1 Å². The fourth-order valence-electron chi connectivity index (χ4n) is 2.71. The summed E-state index contributed by atoms with van der Waals surface area (Å²) in [5, 5.41) is 14.2. The molecule has 5 heteroatoms. The molecule has 104 valence electrons. The lowest BCUT2D eigenvalue weighted by Crippen LogP contribution is -2.30. The van der Waals surface area contributed by atoms with Crippen LogP contribution in [0.3, 0.4) is 0 Å². The van der Waals surface area contributed by atoms with Crippen LogP contribution >= 0.6 is 11.8 Å². The van der Waals surface area contributed by atoms with Crippen molar-refractivity contribution in [2.45, 2.75) is 37.4 Å². The number of hydrogen-bond donors (Lipinski definition) is 1. The van der Waals surface area contributed by atoms with Gasteiger partial charge < -0.3 is 5.32 Å². The van der Waals surface area contributed by atoms with Gasteiger partial charge in [-0.3, -0.25) is 10.1 Å². The van der Waals surface area contributed by atoms with Crippen molar-refractivity contribution < 1.29 is 4.92 Å². The van der Waals surface area contributed by atoms with Crippen molar-refractivity contribution in [3.63, 3.8) is 0 Å². The van der Waals surface area contributed by atoms with Crippen molar-refractivity contribution >= 4 is 23.1 Å². The monoisotopic (exact) mass is 280 g/mol. The summed E-state index contributed by atoms with van der Waals surface area (Å²) in [4.78, 5) is 10.5. The second-order valence-corrected chi connectivity index (χ2v) is 6.54. The Morgan fingerprint density at radius 2 is 2.05 bits per heavy atom. The van der Waals surface area contributed by atoms with Crippen LogP contribution in [0.4, 0.5) is 11.4 Å². The predicted molar refractivity (Wildman–Crippen MR) is 81.0 cm³/mol. The minimum Gasteiger partial charge on any atom is -0.383 e. The molecule has 0 bridgehead atoms. The fourth-order valence-corrected chi connectivity index (χ4v) is 3.62. The van der Waals surface area contributed by atoms with Gasteiger partial charge in [-0.25, -0.2) is 0 Å². The first kappa shape index (κ1) is 14.2. The molecule has 0 spiro atoms. The molecule has 0 unspecified atom stereocenters. The van der Waals surface area contributed by atoms with E-state index < -0.39 is 0 Å². The highest BCUT2D eigenvalue weighted by Crippen LogP contribution is 2.40. The zero-order chi connectivity index (χ0) is 13.9. The Kier molecular flexibility index (Phi) is 4.34. The second-order valence-electron chi connectivity index (χ2n) is 5.26. The van der Waals surface area contributed by atoms with Gasteiger partial charge in [0, 0.05) is 29.1 Å². The number of anilines is 1. The van der Waals surface area contributed by atoms with E-state index in [1.165, 1.54) is 25.7 Å². The van der Waals surface area contributed by atoms with Crippen LogP contribution in [0.5, 0.6) is 0 Å². The van der Waals surface area contributed by atoms with E-state index in [2.05, 4.69) is 11.6 Å². The Labute approximate surface area is 118 Å². The molecule has 0 aromatic heterocycles. The molecular weight excluding hydrogens is 260 g/mol. The third-order valence-electron chi connectivity index (χ3n) is 3.84. The molecule has 0 heterocycles. The number of nitrogens with one attached hydrogen (secondary N) is 1. The topological polar surface area (TPSA) is 55.2 Å². The van der Waals surface area contributed by atoms with E-state index in [4.69, 9.17) is 0 Å². The van der Waals surface area contributed by atoms with Crippen LogP contribution in [0.1, 0.15) is 31.2 Å². The summed E-state index contributed by atoms with van der Waals surface area (Å²) in [5.74, 6) is 0. The lowest BCUT2D eigenvalue weighted by atomic mass is 10.1. The molecule has 0 radical (unpaired) electrons. The van der Waals surface area contributed by atoms with Crippen LogP contribution in [0.15, 0.2) is 18.2 Å². The molecule has 1 saturated carbocycles. The zero-order valence-corrected chi connectivity index (χ0v) is 12.3. The largest absolute Gasteiger partial charge is 0.383 e. The number of hydrogen-bond acceptors (Lipinski definition) is 4. The first-order valence-corrected chi connectivity index (χ1v) is 7.82. The molecule has 1 N–H and O–H groups in total. The number of rotatable bonds is 5. The van der Waals surface area contributed by atoms with Gasteiger partial charge in [0.25, 0.3) is 5.69 Å². The number of nitrogens with zero attached hydrogens (tertiary/aromatic N) is 1. The summed E-state index contributed by atoms with van der Waals surface area (Å²) in [6, 6.07) is 5.19. The number of aryl methyl sites for hydroxylation is 1. The average Bonchev–Trinajstić information content (AvgIpc) is 2.85. The second kappa shape index (κ2) is 5.82. The van der Waals surface area contributed by atoms with Crippen LogP contribution in [0.25, 0.3) is 0 Å². The molecule has 0 saturated heterocycles. The number of benzene rings is 1. The quantitative estimate of drug-likeness (QED) is 0.654. The summed E-state index contributed by atoms with van der Waals surface area (Å²) >= 11 is 1.92. The number of nitro groups is 1. The normalized spacial score (nSPS) is 17.4. The summed E-state index contributed by atoms with van der Waals surface area (Å²) in [6.45, 7) is 2.77. The summed E-state index contributed by atoms with van der Waals surface area (Å²) in [7, 11) is 0. The average molecular weight is 280 g/mol. The molecule has 1 fully saturated rings. The highest BCUT2D eigenvalue weighted by Gasteiger charge is 2.32. The molecule has 1 aromatic rings. The van der Waals surface area contributed by atoms with Crippen molar-refractivity contribution in [2.75, 3.05) is 18.1 Å². The predicted octanol–water partition coefficient (Wildman–Crippen LogP) is 3.99. The zero-order valence-electron chi connectivity index (χ0n) is 11.4. The maximum absolute atomic E-state index is 10.9. The maximum atomic E-state index is 10.9. The molecule has 1 aliphatic rings. The van der Waals surface area contributed by atoms with E-state index in [0.29, 0.717) is 4.75 Å². The third-order valence-corrected chi connectivity index (χ3v) is 5.25. The van der Waals surface area contributed by atoms with E-state index >= 15 is 0 Å². The van der Waals surface area contributed by atoms with Crippen LogP contribution in [0, 0.1) is 17.0 Å². The standard InChI is InChI=1S/C14H20N2O2S/c1-11-7-12(9-13(8-11)16(17)18)15-10-14(19-2)5-3-4-6-14/h7-9,15H,3-6,10H2,1-2H3. The molecule has 0 aliphatic heterocycles. The number of non-ortho nitro benzene ring substituents is 1. The van der Waals surface area contributed by atoms with Crippen molar-refractivity contribution in [3.05, 3.63) is 33.9 Å². The van der Waals surface area contributed by atoms with Gasteiger partial charge in [0.05, 0.1) is 4.92 Å². The highest BCUT2D eigenvalue weighted by atomic mass is 32.2. The van der Waals surface area contributed by atoms with Crippen LogP contribution in [-0.2, 0) is 0 Å². The Balaban J connectivity index is 2.08. The Morgan fingerprint density at radius 3 is 2.63 bits per heavy atom. The van der Waals surface area contributed by atoms with Gasteiger partial charge in [0.2, 0.25) is 0 Å². The van der Waals surface area contributed by atoms with Crippen LogP contribution < -0.4 is 5.32 Å². The van der Waals surface area contributed by atoms with Gasteiger partial charge in [-0.05, 0) is 37.7 Å². The van der Waals surface area contributed by atoms with Gasteiger partial charge in [0.1, 0.15) is 0 Å². The smallest absolute Gasteiger partial charge is 0.271 e. The Bertz CT molecular complexity index is 471. The minimum atomic E-state index is -0.335. The van der Waals surface area contributed by atoms with Gasteiger partial charge >= 0.3 is 0 Å². The third kappa shape index (κ3) is 3.41. The molecule has 1 aliphatic carbocycles. The van der Waals surface area contributed by atoms with E-state index in [-0.39, 0.29) is 10.6 Å². The van der Waals surface area contributed by atoms with E-state index in [1.54, 1.807) is 12.1 Å². The lowest BCUT2D eigenvalue weighted by molar-refractivity contribution is -0.384. The van der Waals surface area contributed by atoms with E-state index in [0.717, 1.165) is 17.8 Å². The van der Waals surface area contributed by atoms with Crippen molar-refractivity contribution in [2.24, 2.45) is 0 Å². The summed E-state index contributed by atoms with van der Waals surface area (Å²) < 4.78 is 0.304. The van der Waals surface area contributed by atoms with Crippen molar-refractivity contribution in [1.82, 2.24) is 0 Å². The van der Waals surface area contributed by atoms with Gasteiger partial charge in [0.15, 0.2) is 0 Å². The van der Waals surface area contributed by atoms with Crippen molar-refractivity contribution in [3.8, 4) is 0 Å². The summed E-state index contributed by atoms with van der Waals surface area (Å²) in [5.41, 5.74) is 1.93. The first-order chi connectivity index (χ1) is 9.04. The summed E-state index contributed by atoms with van der Waals surface area (Å²) in [6.07, 6.45) is 7.20. The number of nitro benzene ring substituents is 1. The number of thioether (sulfide) groups is 1. The molecule has 2 rings (SSSR count). The Morgan fingerprint density at radius 1 is 1.37 bits per heavy atom. The van der Waals surface area contributed by atoms with Gasteiger partial charge in [-0.1, -0.05) is 12.8 Å². The molecule has 0 atom stereocenters. The van der Waals surface area contributed by atoms with Gasteiger partial charge in [-0.2, -0.15) is 11.8 Å².